The summed E-state index contributed by atoms with van der Waals surface area (Å²) in [6.07, 6.45) is 3.13. The fourth-order valence-corrected chi connectivity index (χ4v) is 1.46. The second kappa shape index (κ2) is 5.42. The van der Waals surface area contributed by atoms with Crippen LogP contribution in [0.3, 0.4) is 0 Å². The average Bonchev–Trinajstić information content (AvgIpc) is 2.85. The molecule has 0 fully saturated rings. The standard InChI is InChI=1S/C12H11N3O2S/c1-8-4-5-10(13-7-8)14-12(18)15-11(16)9-3-2-6-17-9/h2-7H,1H3,(H2,13,14,15,16,18). The number of nitrogens with zero attached hydrogens (tertiary/aromatic N) is 1. The van der Waals surface area contributed by atoms with E-state index in [1.165, 1.54) is 6.26 Å². The molecule has 1 amide bonds. The Labute approximate surface area is 109 Å². The average molecular weight is 261 g/mol. The highest BCUT2D eigenvalue weighted by atomic mass is 32.1. The van der Waals surface area contributed by atoms with Crippen LogP contribution in [0.2, 0.25) is 0 Å². The molecule has 5 nitrogen and oxygen atoms in total. The minimum Gasteiger partial charge on any atom is -0.459 e. The molecule has 0 aliphatic rings. The fourth-order valence-electron chi connectivity index (χ4n) is 1.26. The van der Waals surface area contributed by atoms with E-state index >= 15 is 0 Å². The third kappa shape index (κ3) is 3.14. The summed E-state index contributed by atoms with van der Waals surface area (Å²) in [6.45, 7) is 1.94. The molecule has 0 aliphatic carbocycles. The molecule has 2 N–H and O–H groups in total. The van der Waals surface area contributed by atoms with E-state index in [-0.39, 0.29) is 10.9 Å². The number of anilines is 1. The Hall–Kier alpha value is -2.21. The van der Waals surface area contributed by atoms with Crippen LogP contribution in [0.5, 0.6) is 0 Å². The zero-order valence-electron chi connectivity index (χ0n) is 9.64. The Balaban J connectivity index is 1.93. The van der Waals surface area contributed by atoms with Gasteiger partial charge in [-0.05, 0) is 42.9 Å². The predicted molar refractivity (Wildman–Crippen MR) is 71.4 cm³/mol. The highest BCUT2D eigenvalue weighted by molar-refractivity contribution is 7.80. The van der Waals surface area contributed by atoms with Gasteiger partial charge < -0.3 is 9.73 Å². The summed E-state index contributed by atoms with van der Waals surface area (Å²) in [5.74, 6) is 0.381. The Morgan fingerprint density at radius 3 is 2.83 bits per heavy atom. The van der Waals surface area contributed by atoms with E-state index in [9.17, 15) is 4.79 Å². The number of hydrogen-bond acceptors (Lipinski definition) is 4. The topological polar surface area (TPSA) is 67.2 Å². The number of rotatable bonds is 2. The second-order valence-corrected chi connectivity index (χ2v) is 4.01. The Bertz CT molecular complexity index is 549. The van der Waals surface area contributed by atoms with Crippen LogP contribution in [0.4, 0.5) is 5.82 Å². The Morgan fingerprint density at radius 1 is 1.39 bits per heavy atom. The van der Waals surface area contributed by atoms with Crippen LogP contribution in [0.1, 0.15) is 16.1 Å². The van der Waals surface area contributed by atoms with Crippen molar-refractivity contribution in [2.45, 2.75) is 6.92 Å². The van der Waals surface area contributed by atoms with Crippen molar-refractivity contribution in [1.82, 2.24) is 10.3 Å². The smallest absolute Gasteiger partial charge is 0.293 e. The number of nitrogens with one attached hydrogen (secondary N) is 2. The molecular weight excluding hydrogens is 250 g/mol. The van der Waals surface area contributed by atoms with Crippen molar-refractivity contribution in [2.75, 3.05) is 5.32 Å². The van der Waals surface area contributed by atoms with E-state index < -0.39 is 5.91 Å². The first-order valence-electron chi connectivity index (χ1n) is 5.23. The zero-order chi connectivity index (χ0) is 13.0. The van der Waals surface area contributed by atoms with Crippen LogP contribution in [0.25, 0.3) is 0 Å². The van der Waals surface area contributed by atoms with Crippen molar-refractivity contribution in [2.24, 2.45) is 0 Å². The maximum Gasteiger partial charge on any atom is 0.293 e. The molecule has 2 aromatic rings. The molecule has 0 radical (unpaired) electrons. The second-order valence-electron chi connectivity index (χ2n) is 3.61. The first-order chi connectivity index (χ1) is 8.65. The van der Waals surface area contributed by atoms with Gasteiger partial charge in [0.25, 0.3) is 5.91 Å². The van der Waals surface area contributed by atoms with Gasteiger partial charge in [0.2, 0.25) is 0 Å². The fraction of sp³-hybridized carbons (Fsp3) is 0.0833. The molecule has 0 atom stereocenters. The van der Waals surface area contributed by atoms with Crippen molar-refractivity contribution in [3.05, 3.63) is 48.0 Å². The lowest BCUT2D eigenvalue weighted by Crippen LogP contribution is -2.34. The monoisotopic (exact) mass is 261 g/mol. The van der Waals surface area contributed by atoms with E-state index in [1.807, 2.05) is 13.0 Å². The van der Waals surface area contributed by atoms with E-state index in [0.29, 0.717) is 5.82 Å². The van der Waals surface area contributed by atoms with Gasteiger partial charge in [-0.2, -0.15) is 0 Å². The van der Waals surface area contributed by atoms with Gasteiger partial charge in [0, 0.05) is 6.20 Å². The third-order valence-electron chi connectivity index (χ3n) is 2.12. The number of aromatic nitrogens is 1. The van der Waals surface area contributed by atoms with Gasteiger partial charge in [-0.25, -0.2) is 4.98 Å². The summed E-state index contributed by atoms with van der Waals surface area (Å²) in [7, 11) is 0. The molecular formula is C12H11N3O2S. The van der Waals surface area contributed by atoms with Gasteiger partial charge in [-0.15, -0.1) is 0 Å². The lowest BCUT2D eigenvalue weighted by molar-refractivity contribution is 0.0950. The first-order valence-corrected chi connectivity index (χ1v) is 5.64. The maximum atomic E-state index is 11.6. The minimum absolute atomic E-state index is 0.174. The maximum absolute atomic E-state index is 11.6. The Morgan fingerprint density at radius 2 is 2.22 bits per heavy atom. The SMILES string of the molecule is Cc1ccc(NC(=S)NC(=O)c2ccco2)nc1. The molecule has 18 heavy (non-hydrogen) atoms. The largest absolute Gasteiger partial charge is 0.459 e. The van der Waals surface area contributed by atoms with Gasteiger partial charge in [0.05, 0.1) is 6.26 Å². The lowest BCUT2D eigenvalue weighted by atomic mass is 10.3. The van der Waals surface area contributed by atoms with Crippen LogP contribution < -0.4 is 10.6 Å². The Kier molecular flexibility index (Phi) is 3.69. The normalized spacial score (nSPS) is 9.83. The zero-order valence-corrected chi connectivity index (χ0v) is 10.5. The number of carbonyl (C=O) groups is 1. The molecule has 2 aromatic heterocycles. The molecule has 0 unspecified atom stereocenters. The van der Waals surface area contributed by atoms with Gasteiger partial charge >= 0.3 is 0 Å². The predicted octanol–water partition coefficient (Wildman–Crippen LogP) is 2.11. The summed E-state index contributed by atoms with van der Waals surface area (Å²) in [4.78, 5) is 15.7. The number of thiocarbonyl (C=S) groups is 1. The number of amides is 1. The number of hydrogen-bond donors (Lipinski definition) is 2. The number of pyridine rings is 1. The highest BCUT2D eigenvalue weighted by Crippen LogP contribution is 2.04. The molecule has 0 saturated carbocycles. The molecule has 0 aromatic carbocycles. The molecule has 92 valence electrons. The summed E-state index contributed by atoms with van der Waals surface area (Å²) in [6, 6.07) is 6.86. The van der Waals surface area contributed by atoms with Crippen LogP contribution in [0, 0.1) is 6.92 Å². The van der Waals surface area contributed by atoms with Crippen LogP contribution in [-0.4, -0.2) is 16.0 Å². The molecule has 0 aliphatic heterocycles. The number of furan rings is 1. The molecule has 6 heteroatoms. The van der Waals surface area contributed by atoms with Gasteiger partial charge in [0.1, 0.15) is 5.82 Å². The van der Waals surface area contributed by atoms with Crippen molar-refractivity contribution in [3.63, 3.8) is 0 Å². The van der Waals surface area contributed by atoms with Gasteiger partial charge in [-0.3, -0.25) is 10.1 Å². The van der Waals surface area contributed by atoms with Crippen LogP contribution >= 0.6 is 12.2 Å². The molecule has 2 heterocycles. The van der Waals surface area contributed by atoms with Gasteiger partial charge in [-0.1, -0.05) is 6.07 Å². The van der Waals surface area contributed by atoms with Crippen LogP contribution in [-0.2, 0) is 0 Å². The van der Waals surface area contributed by atoms with Gasteiger partial charge in [0.15, 0.2) is 10.9 Å². The molecule has 2 rings (SSSR count). The first kappa shape index (κ1) is 12.3. The van der Waals surface area contributed by atoms with E-state index in [1.54, 1.807) is 24.4 Å². The minimum atomic E-state index is -0.399. The van der Waals surface area contributed by atoms with E-state index in [4.69, 9.17) is 16.6 Å². The van der Waals surface area contributed by atoms with E-state index in [0.717, 1.165) is 5.56 Å². The number of carbonyl (C=O) groups excluding carboxylic acids is 1. The van der Waals surface area contributed by atoms with Crippen molar-refractivity contribution >= 4 is 29.1 Å². The summed E-state index contributed by atoms with van der Waals surface area (Å²) < 4.78 is 4.95. The summed E-state index contributed by atoms with van der Waals surface area (Å²) >= 11 is 4.99. The highest BCUT2D eigenvalue weighted by Gasteiger charge is 2.10. The summed E-state index contributed by atoms with van der Waals surface area (Å²) in [5.41, 5.74) is 1.05. The van der Waals surface area contributed by atoms with E-state index in [2.05, 4.69) is 15.6 Å². The molecule has 0 bridgehead atoms. The third-order valence-corrected chi connectivity index (χ3v) is 2.33. The number of aryl methyl sites for hydroxylation is 1. The van der Waals surface area contributed by atoms with Crippen LogP contribution in [0.15, 0.2) is 41.1 Å². The molecule has 0 spiro atoms. The summed E-state index contributed by atoms with van der Waals surface area (Å²) in [5, 5.41) is 5.48. The van der Waals surface area contributed by atoms with Crippen molar-refractivity contribution < 1.29 is 9.21 Å². The van der Waals surface area contributed by atoms with Crippen molar-refractivity contribution in [1.29, 1.82) is 0 Å². The van der Waals surface area contributed by atoms with Crippen molar-refractivity contribution in [3.8, 4) is 0 Å². The lowest BCUT2D eigenvalue weighted by Gasteiger charge is -2.07. The quantitative estimate of drug-likeness (QED) is 0.810. The molecule has 0 saturated heterocycles.